The van der Waals surface area contributed by atoms with E-state index in [1.54, 1.807) is 18.2 Å². The van der Waals surface area contributed by atoms with Crippen LogP contribution in [-0.4, -0.2) is 32.9 Å². The molecule has 1 atom stereocenters. The number of carbonyl (C=O) groups excluding carboxylic acids is 2. The number of anilines is 1. The van der Waals surface area contributed by atoms with Crippen LogP contribution >= 0.6 is 0 Å². The number of halogens is 3. The molecular weight excluding hydrogens is 535 g/mol. The summed E-state index contributed by atoms with van der Waals surface area (Å²) in [4.78, 5) is 24.7. The molecule has 3 rings (SSSR count). The molecule has 0 spiro atoms. The molecule has 0 saturated heterocycles. The number of hydrogen-bond acceptors (Lipinski definition) is 6. The second-order valence-electron chi connectivity index (χ2n) is 8.81. The van der Waals surface area contributed by atoms with Crippen molar-refractivity contribution in [3.63, 3.8) is 0 Å². The number of carbonyl (C=O) groups is 2. The van der Waals surface area contributed by atoms with Gasteiger partial charge in [-0.15, -0.1) is 0 Å². The molecular formula is C28H28F3NO6S. The Hall–Kier alpha value is -3.86. The molecule has 0 aliphatic carbocycles. The van der Waals surface area contributed by atoms with Gasteiger partial charge in [-0.3, -0.25) is 4.79 Å². The zero-order chi connectivity index (χ0) is 28.8. The van der Waals surface area contributed by atoms with Crippen LogP contribution in [0.5, 0.6) is 0 Å². The van der Waals surface area contributed by atoms with Crippen LogP contribution in [-0.2, 0) is 23.8 Å². The van der Waals surface area contributed by atoms with Crippen LogP contribution in [0.3, 0.4) is 0 Å². The summed E-state index contributed by atoms with van der Waals surface area (Å²) in [5, 5.41) is 2.90. The molecule has 0 saturated carbocycles. The zero-order valence-electron chi connectivity index (χ0n) is 21.4. The van der Waals surface area contributed by atoms with Crippen molar-refractivity contribution in [2.75, 3.05) is 12.4 Å². The molecule has 7 nitrogen and oxygen atoms in total. The summed E-state index contributed by atoms with van der Waals surface area (Å²) in [6.45, 7) is 5.42. The molecule has 0 fully saturated rings. The summed E-state index contributed by atoms with van der Waals surface area (Å²) >= 11 is 0. The number of hydrogen-bond donors (Lipinski definition) is 1. The van der Waals surface area contributed by atoms with E-state index in [2.05, 4.69) is 16.1 Å². The maximum atomic E-state index is 12.7. The van der Waals surface area contributed by atoms with Crippen molar-refractivity contribution >= 4 is 27.7 Å². The topological polar surface area (TPSA) is 98.8 Å². The van der Waals surface area contributed by atoms with E-state index in [-0.39, 0.29) is 18.2 Å². The van der Waals surface area contributed by atoms with Gasteiger partial charge in [0.1, 0.15) is 5.76 Å². The minimum Gasteiger partial charge on any atom is -0.465 e. The number of ether oxygens (including phenoxy) is 1. The second-order valence-corrected chi connectivity index (χ2v) is 10.3. The number of benzene rings is 2. The number of alkyl halides is 3. The van der Waals surface area contributed by atoms with Gasteiger partial charge in [0, 0.05) is 23.6 Å². The standard InChI is InChI=1S/C28H28F3NO6S/c1-4-22(38-39(35,36)28(29,30)31)14-12-18(2)23-10-5-6-11-26(33)32-25-15-13-21(27(34)37-3)17-24(25)20-9-7-8-19(23)16-20/h4,7-9,12-17,23H,2,5-6,10-11H2,1,3H3,(H,32,33)/b14-12-,22-4+. The second kappa shape index (κ2) is 12.3. The molecule has 1 unspecified atom stereocenters. The van der Waals surface area contributed by atoms with Gasteiger partial charge < -0.3 is 14.2 Å². The van der Waals surface area contributed by atoms with E-state index in [0.717, 1.165) is 17.7 Å². The van der Waals surface area contributed by atoms with Gasteiger partial charge in [0.25, 0.3) is 0 Å². The molecule has 0 aromatic heterocycles. The molecule has 1 amide bonds. The van der Waals surface area contributed by atoms with E-state index in [9.17, 15) is 31.2 Å². The first-order chi connectivity index (χ1) is 18.4. The lowest BCUT2D eigenvalue weighted by Crippen LogP contribution is -2.25. The van der Waals surface area contributed by atoms with Gasteiger partial charge in [0.2, 0.25) is 5.91 Å². The summed E-state index contributed by atoms with van der Waals surface area (Å²) in [7, 11) is -4.54. The molecule has 2 aromatic rings. The average molecular weight is 564 g/mol. The quantitative estimate of drug-likeness (QED) is 0.139. The molecule has 2 bridgehead atoms. The van der Waals surface area contributed by atoms with Crippen molar-refractivity contribution in [2.45, 2.75) is 44.0 Å². The normalized spacial score (nSPS) is 16.9. The minimum absolute atomic E-state index is 0.185. The van der Waals surface area contributed by atoms with Crippen molar-refractivity contribution in [1.29, 1.82) is 0 Å². The monoisotopic (exact) mass is 563 g/mol. The van der Waals surface area contributed by atoms with Crippen LogP contribution in [0.1, 0.15) is 54.4 Å². The van der Waals surface area contributed by atoms with Crippen LogP contribution in [0.25, 0.3) is 11.1 Å². The number of allylic oxidation sites excluding steroid dienone is 4. The smallest absolute Gasteiger partial charge is 0.465 e. The molecule has 1 aliphatic rings. The van der Waals surface area contributed by atoms with Gasteiger partial charge in [-0.1, -0.05) is 43.3 Å². The highest BCUT2D eigenvalue weighted by atomic mass is 32.2. The fourth-order valence-electron chi connectivity index (χ4n) is 4.12. The van der Waals surface area contributed by atoms with E-state index in [4.69, 9.17) is 4.74 Å². The summed E-state index contributed by atoms with van der Waals surface area (Å²) in [6, 6.07) is 12.2. The molecule has 1 aliphatic heterocycles. The Morgan fingerprint density at radius 1 is 1.13 bits per heavy atom. The zero-order valence-corrected chi connectivity index (χ0v) is 22.2. The van der Waals surface area contributed by atoms with Gasteiger partial charge in [-0.2, -0.15) is 21.6 Å². The highest BCUT2D eigenvalue weighted by molar-refractivity contribution is 7.87. The summed E-state index contributed by atoms with van der Waals surface area (Å²) in [5.74, 6) is -1.52. The molecule has 0 radical (unpaired) electrons. The SMILES string of the molecule is C=C(/C=C\C(=C/C)OS(=O)(=O)C(F)(F)F)C1CCCCC(=O)Nc2ccc(C(=O)OC)cc2-c2cccc1c2. The first-order valence-corrected chi connectivity index (χ1v) is 13.4. The van der Waals surface area contributed by atoms with Crippen LogP contribution < -0.4 is 5.32 Å². The van der Waals surface area contributed by atoms with E-state index in [1.165, 1.54) is 20.1 Å². The van der Waals surface area contributed by atoms with Gasteiger partial charge in [-0.05, 0) is 66.8 Å². The Kier molecular flexibility index (Phi) is 9.39. The Labute approximate surface area is 225 Å². The number of methoxy groups -OCH3 is 1. The third-order valence-electron chi connectivity index (χ3n) is 6.14. The van der Waals surface area contributed by atoms with Gasteiger partial charge in [-0.25, -0.2) is 4.79 Å². The van der Waals surface area contributed by atoms with E-state index < -0.39 is 27.4 Å². The van der Waals surface area contributed by atoms with Crippen LogP contribution in [0.15, 0.2) is 78.6 Å². The molecule has 1 N–H and O–H groups in total. The van der Waals surface area contributed by atoms with E-state index in [0.29, 0.717) is 47.2 Å². The number of fused-ring (bicyclic) bond motifs is 4. The minimum atomic E-state index is -5.82. The Balaban J connectivity index is 2.00. The highest BCUT2D eigenvalue weighted by Crippen LogP contribution is 2.36. The van der Waals surface area contributed by atoms with Crippen LogP contribution in [0.2, 0.25) is 0 Å². The third-order valence-corrected chi connectivity index (χ3v) is 7.12. The van der Waals surface area contributed by atoms with E-state index in [1.807, 2.05) is 24.3 Å². The fourth-order valence-corrected chi connectivity index (χ4v) is 4.62. The average Bonchev–Trinajstić information content (AvgIpc) is 2.89. The number of rotatable bonds is 6. The van der Waals surface area contributed by atoms with Crippen molar-refractivity contribution in [1.82, 2.24) is 0 Å². The fraction of sp³-hybridized carbons (Fsp3) is 0.286. The predicted octanol–water partition coefficient (Wildman–Crippen LogP) is 6.62. The molecule has 11 heteroatoms. The Morgan fingerprint density at radius 2 is 1.87 bits per heavy atom. The first kappa shape index (κ1) is 29.7. The third kappa shape index (κ3) is 7.38. The van der Waals surface area contributed by atoms with Crippen LogP contribution in [0, 0.1) is 0 Å². The molecule has 1 heterocycles. The number of esters is 1. The Bertz CT molecular complexity index is 1430. The van der Waals surface area contributed by atoms with Gasteiger partial charge in [0.15, 0.2) is 0 Å². The van der Waals surface area contributed by atoms with E-state index >= 15 is 0 Å². The van der Waals surface area contributed by atoms with Gasteiger partial charge >= 0.3 is 21.6 Å². The van der Waals surface area contributed by atoms with Crippen molar-refractivity contribution in [2.24, 2.45) is 0 Å². The largest absolute Gasteiger partial charge is 0.534 e. The predicted molar refractivity (Wildman–Crippen MR) is 141 cm³/mol. The van der Waals surface area contributed by atoms with Crippen molar-refractivity contribution in [3.8, 4) is 11.1 Å². The van der Waals surface area contributed by atoms with Crippen molar-refractivity contribution in [3.05, 3.63) is 89.7 Å². The number of nitrogens with one attached hydrogen (secondary N) is 1. The highest BCUT2D eigenvalue weighted by Gasteiger charge is 2.48. The van der Waals surface area contributed by atoms with Crippen LogP contribution in [0.4, 0.5) is 18.9 Å². The summed E-state index contributed by atoms with van der Waals surface area (Å²) in [6.07, 6.45) is 5.69. The van der Waals surface area contributed by atoms with Crippen molar-refractivity contribution < 1.29 is 40.1 Å². The molecule has 39 heavy (non-hydrogen) atoms. The summed E-state index contributed by atoms with van der Waals surface area (Å²) < 4.78 is 70.1. The lowest BCUT2D eigenvalue weighted by molar-refractivity contribution is -0.116. The maximum Gasteiger partial charge on any atom is 0.534 e. The molecule has 2 aromatic carbocycles. The Morgan fingerprint density at radius 3 is 2.54 bits per heavy atom. The maximum absolute atomic E-state index is 12.7. The number of amides is 1. The lowest BCUT2D eigenvalue weighted by Gasteiger charge is -2.21. The molecule has 208 valence electrons. The lowest BCUT2D eigenvalue weighted by atomic mass is 9.85. The summed E-state index contributed by atoms with van der Waals surface area (Å²) in [5.41, 5.74) is -2.06. The van der Waals surface area contributed by atoms with Gasteiger partial charge in [0.05, 0.1) is 12.7 Å². The first-order valence-electron chi connectivity index (χ1n) is 12.0.